The minimum atomic E-state index is -4.40. The van der Waals surface area contributed by atoms with E-state index in [0.717, 1.165) is 12.1 Å². The molecule has 0 saturated heterocycles. The third-order valence-electron chi connectivity index (χ3n) is 2.68. The smallest absolute Gasteiger partial charge is 0.416 e. The number of hydrogen-bond donors (Lipinski definition) is 0. The standard InChI is InChI=1S/C14H11BrF3NO2/c1-20-11-7-10(14(16,17)18)6-5-9(11)8-21-13-4-2-3-12(15)19-13/h2-7H,8H2,1H3. The Hall–Kier alpha value is -1.76. The van der Waals surface area contributed by atoms with Crippen LogP contribution in [0.3, 0.4) is 0 Å². The number of aromatic nitrogens is 1. The topological polar surface area (TPSA) is 31.4 Å². The Labute approximate surface area is 127 Å². The summed E-state index contributed by atoms with van der Waals surface area (Å²) in [5.41, 5.74) is -0.254. The molecular weight excluding hydrogens is 351 g/mol. The third kappa shape index (κ3) is 4.10. The highest BCUT2D eigenvalue weighted by Crippen LogP contribution is 2.33. The summed E-state index contributed by atoms with van der Waals surface area (Å²) in [6.07, 6.45) is -4.40. The first-order chi connectivity index (χ1) is 9.90. The predicted octanol–water partition coefficient (Wildman–Crippen LogP) is 4.45. The van der Waals surface area contributed by atoms with E-state index in [1.165, 1.54) is 13.2 Å². The van der Waals surface area contributed by atoms with Gasteiger partial charge in [-0.25, -0.2) is 4.98 Å². The van der Waals surface area contributed by atoms with Crippen LogP contribution in [-0.4, -0.2) is 12.1 Å². The molecule has 7 heteroatoms. The maximum absolute atomic E-state index is 12.6. The molecule has 0 aliphatic carbocycles. The van der Waals surface area contributed by atoms with Crippen LogP contribution >= 0.6 is 15.9 Å². The van der Waals surface area contributed by atoms with E-state index in [9.17, 15) is 13.2 Å². The Morgan fingerprint density at radius 1 is 1.19 bits per heavy atom. The van der Waals surface area contributed by atoms with Crippen molar-refractivity contribution in [2.45, 2.75) is 12.8 Å². The molecule has 0 bridgehead atoms. The van der Waals surface area contributed by atoms with Crippen LogP contribution in [0.15, 0.2) is 41.0 Å². The first kappa shape index (κ1) is 15.6. The highest BCUT2D eigenvalue weighted by Gasteiger charge is 2.31. The molecule has 0 N–H and O–H groups in total. The van der Waals surface area contributed by atoms with Crippen molar-refractivity contribution in [2.24, 2.45) is 0 Å². The second-order valence-corrected chi connectivity index (χ2v) is 4.92. The molecule has 1 aromatic heterocycles. The summed E-state index contributed by atoms with van der Waals surface area (Å²) in [4.78, 5) is 4.07. The lowest BCUT2D eigenvalue weighted by Crippen LogP contribution is -2.07. The van der Waals surface area contributed by atoms with Crippen molar-refractivity contribution in [2.75, 3.05) is 7.11 Å². The minimum Gasteiger partial charge on any atom is -0.496 e. The SMILES string of the molecule is COc1cc(C(F)(F)F)ccc1COc1cccc(Br)n1. The van der Waals surface area contributed by atoms with E-state index in [1.54, 1.807) is 18.2 Å². The molecule has 1 aromatic carbocycles. The van der Waals surface area contributed by atoms with Gasteiger partial charge < -0.3 is 9.47 Å². The normalized spacial score (nSPS) is 11.3. The Morgan fingerprint density at radius 3 is 2.57 bits per heavy atom. The van der Waals surface area contributed by atoms with E-state index in [-0.39, 0.29) is 12.4 Å². The molecule has 0 spiro atoms. The fourth-order valence-corrected chi connectivity index (χ4v) is 1.99. The summed E-state index contributed by atoms with van der Waals surface area (Å²) in [7, 11) is 1.32. The lowest BCUT2D eigenvalue weighted by atomic mass is 10.1. The second kappa shape index (κ2) is 6.34. The van der Waals surface area contributed by atoms with Gasteiger partial charge in [0.15, 0.2) is 0 Å². The summed E-state index contributed by atoms with van der Waals surface area (Å²) in [5, 5.41) is 0. The summed E-state index contributed by atoms with van der Waals surface area (Å²) < 4.78 is 48.9. The number of methoxy groups -OCH3 is 1. The van der Waals surface area contributed by atoms with Gasteiger partial charge in [0.05, 0.1) is 12.7 Å². The quantitative estimate of drug-likeness (QED) is 0.753. The first-order valence-electron chi connectivity index (χ1n) is 5.89. The number of hydrogen-bond acceptors (Lipinski definition) is 3. The van der Waals surface area contributed by atoms with Crippen molar-refractivity contribution in [3.8, 4) is 11.6 Å². The molecule has 0 radical (unpaired) electrons. The van der Waals surface area contributed by atoms with Gasteiger partial charge in [0.25, 0.3) is 0 Å². The number of ether oxygens (including phenoxy) is 2. The maximum atomic E-state index is 12.6. The molecule has 0 saturated carbocycles. The molecule has 0 unspecified atom stereocenters. The summed E-state index contributed by atoms with van der Waals surface area (Å²) in [6.45, 7) is 0.0603. The van der Waals surface area contributed by atoms with Crippen molar-refractivity contribution < 1.29 is 22.6 Å². The summed E-state index contributed by atoms with van der Waals surface area (Å²) in [5.74, 6) is 0.492. The van der Waals surface area contributed by atoms with Crippen LogP contribution in [-0.2, 0) is 12.8 Å². The van der Waals surface area contributed by atoms with Crippen LogP contribution < -0.4 is 9.47 Å². The van der Waals surface area contributed by atoms with Crippen LogP contribution in [0.4, 0.5) is 13.2 Å². The van der Waals surface area contributed by atoms with Gasteiger partial charge in [-0.1, -0.05) is 12.1 Å². The Bertz CT molecular complexity index is 632. The molecule has 21 heavy (non-hydrogen) atoms. The van der Waals surface area contributed by atoms with Gasteiger partial charge in [0, 0.05) is 11.6 Å². The minimum absolute atomic E-state index is 0.0603. The van der Waals surface area contributed by atoms with Gasteiger partial charge >= 0.3 is 6.18 Å². The number of halogens is 4. The number of pyridine rings is 1. The fraction of sp³-hybridized carbons (Fsp3) is 0.214. The van der Waals surface area contributed by atoms with E-state index in [4.69, 9.17) is 9.47 Å². The molecule has 112 valence electrons. The molecule has 0 amide bonds. The van der Waals surface area contributed by atoms with Gasteiger partial charge in [0.2, 0.25) is 5.88 Å². The largest absolute Gasteiger partial charge is 0.496 e. The molecular formula is C14H11BrF3NO2. The average Bonchev–Trinajstić information content (AvgIpc) is 2.44. The van der Waals surface area contributed by atoms with Crippen LogP contribution in [0.1, 0.15) is 11.1 Å². The van der Waals surface area contributed by atoms with Gasteiger partial charge in [-0.2, -0.15) is 13.2 Å². The fourth-order valence-electron chi connectivity index (χ4n) is 1.66. The van der Waals surface area contributed by atoms with Crippen LogP contribution in [0, 0.1) is 0 Å². The summed E-state index contributed by atoms with van der Waals surface area (Å²) >= 11 is 3.21. The zero-order chi connectivity index (χ0) is 15.5. The summed E-state index contributed by atoms with van der Waals surface area (Å²) in [6, 6.07) is 8.42. The van der Waals surface area contributed by atoms with Gasteiger partial charge in [0.1, 0.15) is 17.0 Å². The first-order valence-corrected chi connectivity index (χ1v) is 6.69. The van der Waals surface area contributed by atoms with E-state index in [1.807, 2.05) is 0 Å². The van der Waals surface area contributed by atoms with Crippen molar-refractivity contribution in [3.63, 3.8) is 0 Å². The predicted molar refractivity (Wildman–Crippen MR) is 74.3 cm³/mol. The molecule has 0 fully saturated rings. The molecule has 0 atom stereocenters. The zero-order valence-corrected chi connectivity index (χ0v) is 12.5. The average molecular weight is 362 g/mol. The van der Waals surface area contributed by atoms with E-state index >= 15 is 0 Å². The van der Waals surface area contributed by atoms with Crippen molar-refractivity contribution in [1.29, 1.82) is 0 Å². The van der Waals surface area contributed by atoms with Crippen molar-refractivity contribution >= 4 is 15.9 Å². The maximum Gasteiger partial charge on any atom is 0.416 e. The third-order valence-corrected chi connectivity index (χ3v) is 3.12. The van der Waals surface area contributed by atoms with Gasteiger partial charge in [-0.15, -0.1) is 0 Å². The van der Waals surface area contributed by atoms with E-state index in [0.29, 0.717) is 16.0 Å². The zero-order valence-electron chi connectivity index (χ0n) is 10.9. The second-order valence-electron chi connectivity index (χ2n) is 4.11. The molecule has 2 aromatic rings. The number of alkyl halides is 3. The Balaban J connectivity index is 2.16. The highest BCUT2D eigenvalue weighted by molar-refractivity contribution is 9.10. The molecule has 0 aliphatic heterocycles. The van der Waals surface area contributed by atoms with Crippen LogP contribution in [0.25, 0.3) is 0 Å². The number of rotatable bonds is 4. The van der Waals surface area contributed by atoms with E-state index < -0.39 is 11.7 Å². The van der Waals surface area contributed by atoms with Crippen molar-refractivity contribution in [1.82, 2.24) is 4.98 Å². The lowest BCUT2D eigenvalue weighted by Gasteiger charge is -2.13. The number of nitrogens with zero attached hydrogens (tertiary/aromatic N) is 1. The van der Waals surface area contributed by atoms with Gasteiger partial charge in [-0.05, 0) is 34.1 Å². The molecule has 1 heterocycles. The Kier molecular flexibility index (Phi) is 4.72. The van der Waals surface area contributed by atoms with Crippen molar-refractivity contribution in [3.05, 3.63) is 52.1 Å². The molecule has 2 rings (SSSR count). The number of benzene rings is 1. The lowest BCUT2D eigenvalue weighted by molar-refractivity contribution is -0.137. The molecule has 3 nitrogen and oxygen atoms in total. The Morgan fingerprint density at radius 2 is 1.95 bits per heavy atom. The van der Waals surface area contributed by atoms with E-state index in [2.05, 4.69) is 20.9 Å². The highest BCUT2D eigenvalue weighted by atomic mass is 79.9. The molecule has 0 aliphatic rings. The van der Waals surface area contributed by atoms with Crippen LogP contribution in [0.2, 0.25) is 0 Å². The van der Waals surface area contributed by atoms with Crippen LogP contribution in [0.5, 0.6) is 11.6 Å². The monoisotopic (exact) mass is 361 g/mol. The van der Waals surface area contributed by atoms with Gasteiger partial charge in [-0.3, -0.25) is 0 Å².